The van der Waals surface area contributed by atoms with E-state index >= 15 is 0 Å². The number of hydrogen-bond acceptors (Lipinski definition) is 4. The highest BCUT2D eigenvalue weighted by Crippen LogP contribution is 2.30. The van der Waals surface area contributed by atoms with Gasteiger partial charge in [-0.25, -0.2) is 4.98 Å². The number of rotatable bonds is 4. The quantitative estimate of drug-likeness (QED) is 0.869. The standard InChI is InChI=1S/C14H22N4O/c1-10-3-2-4-11(7-10)5-6-17-14(19)12-8-16-9-13(15)18-12/h8-11H,2-7H2,1H3,(H2,15,18)(H,17,19). The van der Waals surface area contributed by atoms with Crippen molar-refractivity contribution in [2.45, 2.75) is 39.0 Å². The predicted octanol–water partition coefficient (Wildman–Crippen LogP) is 2.00. The third-order valence-electron chi connectivity index (χ3n) is 3.77. The van der Waals surface area contributed by atoms with Gasteiger partial charge in [-0.15, -0.1) is 0 Å². The fraction of sp³-hybridized carbons (Fsp3) is 0.643. The number of nitrogens with two attached hydrogens (primary N) is 1. The molecule has 1 heterocycles. The fourth-order valence-corrected chi connectivity index (χ4v) is 2.79. The Morgan fingerprint density at radius 3 is 3.05 bits per heavy atom. The Labute approximate surface area is 114 Å². The van der Waals surface area contributed by atoms with Crippen molar-refractivity contribution in [1.29, 1.82) is 0 Å². The smallest absolute Gasteiger partial charge is 0.271 e. The van der Waals surface area contributed by atoms with Crippen LogP contribution in [0.25, 0.3) is 0 Å². The molecule has 2 unspecified atom stereocenters. The number of aromatic nitrogens is 2. The van der Waals surface area contributed by atoms with Crippen molar-refractivity contribution in [1.82, 2.24) is 15.3 Å². The van der Waals surface area contributed by atoms with Crippen LogP contribution in [0.4, 0.5) is 5.82 Å². The first-order chi connectivity index (χ1) is 9.15. The van der Waals surface area contributed by atoms with Crippen molar-refractivity contribution in [2.24, 2.45) is 11.8 Å². The predicted molar refractivity (Wildman–Crippen MR) is 74.5 cm³/mol. The van der Waals surface area contributed by atoms with Crippen molar-refractivity contribution in [3.8, 4) is 0 Å². The maximum atomic E-state index is 11.8. The number of nitrogens with one attached hydrogen (secondary N) is 1. The van der Waals surface area contributed by atoms with Crippen LogP contribution >= 0.6 is 0 Å². The van der Waals surface area contributed by atoms with Crippen molar-refractivity contribution >= 4 is 11.7 Å². The average Bonchev–Trinajstić information content (AvgIpc) is 2.38. The molecule has 2 atom stereocenters. The van der Waals surface area contributed by atoms with E-state index in [-0.39, 0.29) is 17.4 Å². The summed E-state index contributed by atoms with van der Waals surface area (Å²) in [5.41, 5.74) is 5.79. The van der Waals surface area contributed by atoms with Crippen LogP contribution in [0.5, 0.6) is 0 Å². The summed E-state index contributed by atoms with van der Waals surface area (Å²) in [5.74, 6) is 1.66. The van der Waals surface area contributed by atoms with E-state index in [9.17, 15) is 4.79 Å². The lowest BCUT2D eigenvalue weighted by atomic mass is 9.81. The van der Waals surface area contributed by atoms with Crippen molar-refractivity contribution in [2.75, 3.05) is 12.3 Å². The van der Waals surface area contributed by atoms with Crippen LogP contribution in [-0.4, -0.2) is 22.4 Å². The van der Waals surface area contributed by atoms with Gasteiger partial charge in [0, 0.05) is 6.54 Å². The van der Waals surface area contributed by atoms with E-state index in [2.05, 4.69) is 22.2 Å². The van der Waals surface area contributed by atoms with Crippen LogP contribution in [0, 0.1) is 11.8 Å². The Morgan fingerprint density at radius 1 is 1.47 bits per heavy atom. The van der Waals surface area contributed by atoms with Gasteiger partial charge in [0.25, 0.3) is 5.91 Å². The number of carbonyl (C=O) groups is 1. The third kappa shape index (κ3) is 4.19. The summed E-state index contributed by atoms with van der Waals surface area (Å²) in [4.78, 5) is 19.7. The second kappa shape index (κ2) is 6.50. The van der Waals surface area contributed by atoms with E-state index in [1.807, 2.05) is 0 Å². The van der Waals surface area contributed by atoms with Crippen LogP contribution in [0.2, 0.25) is 0 Å². The van der Waals surface area contributed by atoms with E-state index in [4.69, 9.17) is 5.73 Å². The molecule has 0 radical (unpaired) electrons. The Balaban J connectivity index is 1.75. The van der Waals surface area contributed by atoms with Crippen molar-refractivity contribution in [3.63, 3.8) is 0 Å². The zero-order valence-electron chi connectivity index (χ0n) is 11.4. The number of nitrogens with zero attached hydrogens (tertiary/aromatic N) is 2. The summed E-state index contributed by atoms with van der Waals surface area (Å²) in [6.07, 6.45) is 9.16. The number of amides is 1. The first kappa shape index (κ1) is 13.8. The second-order valence-electron chi connectivity index (χ2n) is 5.51. The van der Waals surface area contributed by atoms with Crippen LogP contribution < -0.4 is 11.1 Å². The van der Waals surface area contributed by atoms with Crippen molar-refractivity contribution < 1.29 is 4.79 Å². The molecule has 1 aliphatic carbocycles. The van der Waals surface area contributed by atoms with E-state index in [0.29, 0.717) is 6.54 Å². The Morgan fingerprint density at radius 2 is 2.32 bits per heavy atom. The number of nitrogen functional groups attached to an aromatic ring is 1. The van der Waals surface area contributed by atoms with Gasteiger partial charge in [0.1, 0.15) is 11.5 Å². The highest BCUT2D eigenvalue weighted by atomic mass is 16.1. The molecule has 0 aliphatic heterocycles. The fourth-order valence-electron chi connectivity index (χ4n) is 2.79. The number of hydrogen-bond donors (Lipinski definition) is 2. The molecule has 1 aliphatic rings. The SMILES string of the molecule is CC1CCCC(CCNC(=O)c2cncc(N)n2)C1. The zero-order valence-corrected chi connectivity index (χ0v) is 11.4. The molecule has 1 aromatic heterocycles. The lowest BCUT2D eigenvalue weighted by Crippen LogP contribution is -2.28. The van der Waals surface area contributed by atoms with Gasteiger partial charge in [-0.2, -0.15) is 0 Å². The topological polar surface area (TPSA) is 80.9 Å². The molecule has 3 N–H and O–H groups in total. The highest BCUT2D eigenvalue weighted by molar-refractivity contribution is 5.92. The molecule has 1 amide bonds. The summed E-state index contributed by atoms with van der Waals surface area (Å²) in [7, 11) is 0. The molecule has 1 saturated carbocycles. The summed E-state index contributed by atoms with van der Waals surface area (Å²) in [5, 5.41) is 2.89. The van der Waals surface area contributed by atoms with E-state index < -0.39 is 0 Å². The minimum absolute atomic E-state index is 0.191. The average molecular weight is 262 g/mol. The molecule has 0 saturated heterocycles. The van der Waals surface area contributed by atoms with Crippen LogP contribution in [0.15, 0.2) is 12.4 Å². The molecule has 1 aromatic rings. The lowest BCUT2D eigenvalue weighted by molar-refractivity contribution is 0.0944. The number of anilines is 1. The maximum Gasteiger partial charge on any atom is 0.271 e. The molecule has 0 aromatic carbocycles. The van der Waals surface area contributed by atoms with Crippen LogP contribution in [-0.2, 0) is 0 Å². The van der Waals surface area contributed by atoms with Gasteiger partial charge in [-0.05, 0) is 24.7 Å². The normalized spacial score (nSPS) is 23.0. The zero-order chi connectivity index (χ0) is 13.7. The van der Waals surface area contributed by atoms with Gasteiger partial charge in [0.2, 0.25) is 0 Å². The summed E-state index contributed by atoms with van der Waals surface area (Å²) >= 11 is 0. The first-order valence-corrected chi connectivity index (χ1v) is 7.01. The summed E-state index contributed by atoms with van der Waals surface area (Å²) < 4.78 is 0. The molecule has 0 bridgehead atoms. The molecule has 5 nitrogen and oxygen atoms in total. The Hall–Kier alpha value is -1.65. The van der Waals surface area contributed by atoms with Gasteiger partial charge < -0.3 is 11.1 Å². The Bertz CT molecular complexity index is 435. The largest absolute Gasteiger partial charge is 0.382 e. The van der Waals surface area contributed by atoms with Crippen molar-refractivity contribution in [3.05, 3.63) is 18.1 Å². The monoisotopic (exact) mass is 262 g/mol. The van der Waals surface area contributed by atoms with E-state index in [1.165, 1.54) is 38.1 Å². The Kier molecular flexibility index (Phi) is 4.71. The molecule has 2 rings (SSSR count). The molecule has 19 heavy (non-hydrogen) atoms. The van der Waals surface area contributed by atoms with E-state index in [0.717, 1.165) is 18.3 Å². The van der Waals surface area contributed by atoms with Gasteiger partial charge in [0.15, 0.2) is 0 Å². The molecular weight excluding hydrogens is 240 g/mol. The summed E-state index contributed by atoms with van der Waals surface area (Å²) in [6.45, 7) is 3.01. The molecule has 1 fully saturated rings. The van der Waals surface area contributed by atoms with E-state index in [1.54, 1.807) is 0 Å². The maximum absolute atomic E-state index is 11.8. The van der Waals surface area contributed by atoms with Gasteiger partial charge in [-0.1, -0.05) is 26.2 Å². The minimum Gasteiger partial charge on any atom is -0.382 e. The molecule has 5 heteroatoms. The molecule has 104 valence electrons. The van der Waals surface area contributed by atoms with Crippen LogP contribution in [0.3, 0.4) is 0 Å². The third-order valence-corrected chi connectivity index (χ3v) is 3.77. The van der Waals surface area contributed by atoms with Gasteiger partial charge in [0.05, 0.1) is 12.4 Å². The lowest BCUT2D eigenvalue weighted by Gasteiger charge is -2.26. The molecule has 0 spiro atoms. The first-order valence-electron chi connectivity index (χ1n) is 7.01. The summed E-state index contributed by atoms with van der Waals surface area (Å²) in [6, 6.07) is 0. The highest BCUT2D eigenvalue weighted by Gasteiger charge is 2.18. The minimum atomic E-state index is -0.191. The molecular formula is C14H22N4O. The second-order valence-corrected chi connectivity index (χ2v) is 5.51. The number of carbonyl (C=O) groups excluding carboxylic acids is 1. The van der Waals surface area contributed by atoms with Gasteiger partial charge in [-0.3, -0.25) is 9.78 Å². The van der Waals surface area contributed by atoms with Crippen LogP contribution in [0.1, 0.15) is 49.5 Å². The van der Waals surface area contributed by atoms with Gasteiger partial charge >= 0.3 is 0 Å².